The van der Waals surface area contributed by atoms with Gasteiger partial charge >= 0.3 is 11.7 Å². The van der Waals surface area contributed by atoms with Gasteiger partial charge in [0, 0.05) is 17.0 Å². The second-order valence-corrected chi connectivity index (χ2v) is 6.20. The second-order valence-electron chi connectivity index (χ2n) is 6.20. The Balaban J connectivity index is 1.72. The summed E-state index contributed by atoms with van der Waals surface area (Å²) in [4.78, 5) is 26.7. The Kier molecular flexibility index (Phi) is 4.85. The minimum atomic E-state index is -0.312. The topological polar surface area (TPSA) is 64.2 Å². The summed E-state index contributed by atoms with van der Waals surface area (Å²) in [6.07, 6.45) is -0.238. The Morgan fingerprint density at radius 3 is 2.75 bits per heavy atom. The predicted octanol–water partition coefficient (Wildman–Crippen LogP) is 0.958. The first-order chi connectivity index (χ1) is 11.6. The lowest BCUT2D eigenvalue weighted by Gasteiger charge is -2.31. The Morgan fingerprint density at radius 2 is 2.04 bits per heavy atom. The number of hydrogen-bond acceptors (Lipinski definition) is 4. The first-order valence-electron chi connectivity index (χ1n) is 8.35. The Hall–Kier alpha value is -2.34. The fraction of sp³-hybridized carbons (Fsp3) is 0.444. The van der Waals surface area contributed by atoms with E-state index in [0.717, 1.165) is 36.1 Å². The van der Waals surface area contributed by atoms with Crippen LogP contribution in [0.15, 0.2) is 33.5 Å². The molecule has 1 aliphatic heterocycles. The monoisotopic (exact) mass is 331 g/mol. The van der Waals surface area contributed by atoms with Crippen LogP contribution in [0.3, 0.4) is 0 Å². The maximum Gasteiger partial charge on any atom is 0.410 e. The summed E-state index contributed by atoms with van der Waals surface area (Å²) in [6, 6.07) is 7.52. The molecule has 128 valence electrons. The zero-order valence-corrected chi connectivity index (χ0v) is 14.1. The largest absolute Gasteiger partial charge is 0.450 e. The summed E-state index contributed by atoms with van der Waals surface area (Å²) in [6.45, 7) is 7.97. The first kappa shape index (κ1) is 16.5. The van der Waals surface area contributed by atoms with Crippen LogP contribution in [-0.2, 0) is 11.3 Å². The van der Waals surface area contributed by atoms with Crippen LogP contribution < -0.4 is 10.5 Å². The molecule has 6 nitrogen and oxygen atoms in total. The molecule has 1 aromatic carbocycles. The maximum atomic E-state index is 11.8. The molecule has 1 aliphatic rings. The van der Waals surface area contributed by atoms with Crippen molar-refractivity contribution in [1.29, 1.82) is 0 Å². The number of amides is 1. The van der Waals surface area contributed by atoms with Crippen molar-refractivity contribution < 1.29 is 18.8 Å². The highest BCUT2D eigenvalue weighted by molar-refractivity contribution is 5.80. The molecule has 1 fully saturated rings. The van der Waals surface area contributed by atoms with Gasteiger partial charge in [-0.05, 0) is 25.5 Å². The smallest absolute Gasteiger partial charge is 0.410 e. The van der Waals surface area contributed by atoms with E-state index in [0.29, 0.717) is 25.3 Å². The molecule has 1 saturated heterocycles. The summed E-state index contributed by atoms with van der Waals surface area (Å²) >= 11 is 0. The minimum absolute atomic E-state index is 0.238. The number of fused-ring (bicyclic) bond motifs is 1. The van der Waals surface area contributed by atoms with Crippen molar-refractivity contribution in [2.24, 2.45) is 0 Å². The molecule has 0 unspecified atom stereocenters. The van der Waals surface area contributed by atoms with Crippen molar-refractivity contribution in [3.05, 3.63) is 45.8 Å². The average molecular weight is 331 g/mol. The number of rotatable bonds is 3. The van der Waals surface area contributed by atoms with Gasteiger partial charge in [0.05, 0.1) is 32.8 Å². The van der Waals surface area contributed by atoms with E-state index in [1.807, 2.05) is 32.0 Å². The van der Waals surface area contributed by atoms with Gasteiger partial charge in [0.2, 0.25) is 0 Å². The van der Waals surface area contributed by atoms with Crippen LogP contribution in [0.4, 0.5) is 4.79 Å². The van der Waals surface area contributed by atoms with E-state index >= 15 is 0 Å². The van der Waals surface area contributed by atoms with E-state index in [4.69, 9.17) is 9.15 Å². The van der Waals surface area contributed by atoms with Gasteiger partial charge < -0.3 is 14.1 Å². The van der Waals surface area contributed by atoms with Crippen LogP contribution in [0.25, 0.3) is 11.0 Å². The van der Waals surface area contributed by atoms with Gasteiger partial charge in [-0.25, -0.2) is 9.59 Å². The molecule has 1 aromatic heterocycles. The molecule has 0 bridgehead atoms. The number of nitrogens with one attached hydrogen (secondary N) is 1. The molecule has 3 rings (SSSR count). The third-order valence-electron chi connectivity index (χ3n) is 4.42. The second kappa shape index (κ2) is 7.05. The Morgan fingerprint density at radius 1 is 1.29 bits per heavy atom. The molecule has 0 atom stereocenters. The number of benzene rings is 1. The molecule has 1 amide bonds. The third-order valence-corrected chi connectivity index (χ3v) is 4.42. The highest BCUT2D eigenvalue weighted by Crippen LogP contribution is 2.17. The summed E-state index contributed by atoms with van der Waals surface area (Å²) in [7, 11) is 0. The number of piperazine rings is 1. The van der Waals surface area contributed by atoms with Crippen molar-refractivity contribution in [1.82, 2.24) is 4.90 Å². The van der Waals surface area contributed by atoms with Gasteiger partial charge in [-0.2, -0.15) is 0 Å². The molecule has 0 spiro atoms. The number of quaternary nitrogens is 1. The van der Waals surface area contributed by atoms with Crippen molar-refractivity contribution in [3.8, 4) is 0 Å². The molecule has 2 heterocycles. The maximum absolute atomic E-state index is 11.8. The standard InChI is InChI=1S/C18H22N2O4/c1-3-23-18(22)20-8-6-19(7-9-20)12-14-11-17(21)24-16-10-13(2)4-5-15(14)16/h4-5,10-11H,3,6-9,12H2,1-2H3/p+1. The van der Waals surface area contributed by atoms with Crippen LogP contribution in [0, 0.1) is 6.92 Å². The number of hydrogen-bond donors (Lipinski definition) is 1. The minimum Gasteiger partial charge on any atom is -0.450 e. The van der Waals surface area contributed by atoms with Crippen molar-refractivity contribution in [3.63, 3.8) is 0 Å². The van der Waals surface area contributed by atoms with Crippen molar-refractivity contribution in [2.45, 2.75) is 20.4 Å². The van der Waals surface area contributed by atoms with E-state index in [2.05, 4.69) is 0 Å². The van der Waals surface area contributed by atoms with E-state index in [9.17, 15) is 9.59 Å². The number of carbonyl (C=O) groups is 1. The van der Waals surface area contributed by atoms with Crippen LogP contribution >= 0.6 is 0 Å². The van der Waals surface area contributed by atoms with E-state index < -0.39 is 0 Å². The van der Waals surface area contributed by atoms with Crippen LogP contribution in [-0.4, -0.2) is 43.8 Å². The number of aryl methyl sites for hydroxylation is 1. The zero-order valence-electron chi connectivity index (χ0n) is 14.1. The molecule has 0 radical (unpaired) electrons. The van der Waals surface area contributed by atoms with E-state index in [1.54, 1.807) is 11.0 Å². The van der Waals surface area contributed by atoms with Gasteiger partial charge in [0.15, 0.2) is 0 Å². The van der Waals surface area contributed by atoms with Gasteiger partial charge in [-0.3, -0.25) is 4.90 Å². The summed E-state index contributed by atoms with van der Waals surface area (Å²) in [5, 5.41) is 0.987. The highest BCUT2D eigenvalue weighted by Gasteiger charge is 2.25. The zero-order chi connectivity index (χ0) is 17.1. The van der Waals surface area contributed by atoms with Crippen molar-refractivity contribution >= 4 is 17.1 Å². The SMILES string of the molecule is CCOC(=O)N1CC[NH+](Cc2cc(=O)oc3cc(C)ccc23)CC1. The van der Waals surface area contributed by atoms with Crippen LogP contribution in [0.2, 0.25) is 0 Å². The fourth-order valence-electron chi connectivity index (χ4n) is 3.15. The van der Waals surface area contributed by atoms with E-state index in [-0.39, 0.29) is 11.7 Å². The molecular formula is C18H23N2O4+. The lowest BCUT2D eigenvalue weighted by molar-refractivity contribution is -0.917. The molecule has 0 aliphatic carbocycles. The van der Waals surface area contributed by atoms with E-state index in [1.165, 1.54) is 4.90 Å². The molecule has 0 saturated carbocycles. The molecule has 2 aromatic rings. The number of nitrogens with zero attached hydrogens (tertiary/aromatic N) is 1. The quantitative estimate of drug-likeness (QED) is 0.851. The first-order valence-corrected chi connectivity index (χ1v) is 8.35. The molecule has 6 heteroatoms. The lowest BCUT2D eigenvalue weighted by atomic mass is 10.1. The fourth-order valence-corrected chi connectivity index (χ4v) is 3.15. The number of ether oxygens (including phenoxy) is 1. The molecule has 24 heavy (non-hydrogen) atoms. The van der Waals surface area contributed by atoms with Crippen molar-refractivity contribution in [2.75, 3.05) is 32.8 Å². The van der Waals surface area contributed by atoms with Gasteiger partial charge in [0.1, 0.15) is 12.1 Å². The Labute approximate surface area is 140 Å². The molecule has 1 N–H and O–H groups in total. The van der Waals surface area contributed by atoms with Gasteiger partial charge in [0.25, 0.3) is 0 Å². The predicted molar refractivity (Wildman–Crippen MR) is 90.2 cm³/mol. The van der Waals surface area contributed by atoms with Crippen LogP contribution in [0.5, 0.6) is 0 Å². The number of carbonyl (C=O) groups excluding carboxylic acids is 1. The normalized spacial score (nSPS) is 15.7. The summed E-state index contributed by atoms with van der Waals surface area (Å²) in [5.74, 6) is 0. The molecular weight excluding hydrogens is 308 g/mol. The van der Waals surface area contributed by atoms with Gasteiger partial charge in [-0.15, -0.1) is 0 Å². The average Bonchev–Trinajstić information content (AvgIpc) is 2.55. The summed E-state index contributed by atoms with van der Waals surface area (Å²) in [5.41, 5.74) is 2.40. The third kappa shape index (κ3) is 3.59. The van der Waals surface area contributed by atoms with Crippen LogP contribution in [0.1, 0.15) is 18.1 Å². The lowest BCUT2D eigenvalue weighted by Crippen LogP contribution is -3.13. The van der Waals surface area contributed by atoms with Gasteiger partial charge in [-0.1, -0.05) is 12.1 Å². The highest BCUT2D eigenvalue weighted by atomic mass is 16.6. The Bertz CT molecular complexity index is 791. The summed E-state index contributed by atoms with van der Waals surface area (Å²) < 4.78 is 10.4.